The van der Waals surface area contributed by atoms with Gasteiger partial charge in [-0.3, -0.25) is 14.4 Å². The molecule has 24 heavy (non-hydrogen) atoms. The molecular formula is C15H16N2O4S3. The molecule has 0 aliphatic rings. The van der Waals surface area contributed by atoms with E-state index in [0.29, 0.717) is 5.00 Å². The van der Waals surface area contributed by atoms with Crippen LogP contribution in [0.15, 0.2) is 29.0 Å². The van der Waals surface area contributed by atoms with Gasteiger partial charge in [-0.25, -0.2) is 0 Å². The number of carbonyl (C=O) groups excluding carboxylic acids is 3. The highest BCUT2D eigenvalue weighted by Gasteiger charge is 2.20. The first-order valence-corrected chi connectivity index (χ1v) is 9.86. The smallest absolute Gasteiger partial charge is 0.316 e. The van der Waals surface area contributed by atoms with Crippen molar-refractivity contribution in [2.24, 2.45) is 5.73 Å². The number of amides is 2. The zero-order valence-electron chi connectivity index (χ0n) is 12.8. The lowest BCUT2D eigenvalue weighted by atomic mass is 10.3. The number of primary amides is 1. The molecule has 3 N–H and O–H groups in total. The van der Waals surface area contributed by atoms with Gasteiger partial charge in [0.2, 0.25) is 0 Å². The van der Waals surface area contributed by atoms with Crippen LogP contribution >= 0.6 is 34.4 Å². The van der Waals surface area contributed by atoms with Crippen LogP contribution in [0, 0.1) is 0 Å². The molecule has 2 aromatic heterocycles. The lowest BCUT2D eigenvalue weighted by molar-refractivity contribution is -0.150. The van der Waals surface area contributed by atoms with Crippen molar-refractivity contribution >= 4 is 57.2 Å². The van der Waals surface area contributed by atoms with Gasteiger partial charge in [-0.15, -0.1) is 34.4 Å². The van der Waals surface area contributed by atoms with E-state index in [9.17, 15) is 14.4 Å². The normalized spacial score (nSPS) is 11.7. The first kappa shape index (κ1) is 18.5. The lowest BCUT2D eigenvalue weighted by Crippen LogP contribution is -2.31. The van der Waals surface area contributed by atoms with E-state index < -0.39 is 23.9 Å². The molecule has 0 fully saturated rings. The minimum atomic E-state index is -0.956. The Kier molecular flexibility index (Phi) is 6.83. The summed E-state index contributed by atoms with van der Waals surface area (Å²) in [7, 11) is 0. The van der Waals surface area contributed by atoms with Gasteiger partial charge >= 0.3 is 5.97 Å². The van der Waals surface area contributed by atoms with Crippen LogP contribution in [-0.2, 0) is 20.1 Å². The minimum absolute atomic E-state index is 0.168. The van der Waals surface area contributed by atoms with Crippen LogP contribution in [0.2, 0.25) is 0 Å². The van der Waals surface area contributed by atoms with Crippen LogP contribution in [0.1, 0.15) is 22.2 Å². The summed E-state index contributed by atoms with van der Waals surface area (Å²) >= 11 is 4.23. The summed E-state index contributed by atoms with van der Waals surface area (Å²) in [6.07, 6.45) is -0.956. The maximum atomic E-state index is 12.0. The molecule has 0 saturated heterocycles. The Balaban J connectivity index is 1.77. The second-order valence-electron chi connectivity index (χ2n) is 4.72. The summed E-state index contributed by atoms with van der Waals surface area (Å²) in [5.41, 5.74) is 5.45. The molecule has 0 aliphatic carbocycles. The maximum absolute atomic E-state index is 12.0. The fraction of sp³-hybridized carbons (Fsp3) is 0.267. The Morgan fingerprint density at radius 2 is 2.08 bits per heavy atom. The molecule has 0 spiro atoms. The summed E-state index contributed by atoms with van der Waals surface area (Å²) in [5, 5.41) is 6.53. The number of hydrogen-bond donors (Lipinski definition) is 2. The molecular weight excluding hydrogens is 368 g/mol. The summed E-state index contributed by atoms with van der Waals surface area (Å²) in [6.45, 7) is 1.48. The van der Waals surface area contributed by atoms with E-state index in [1.807, 2.05) is 17.5 Å². The monoisotopic (exact) mass is 384 g/mol. The zero-order chi connectivity index (χ0) is 17.5. The van der Waals surface area contributed by atoms with Crippen LogP contribution in [0.4, 0.5) is 5.00 Å². The van der Waals surface area contributed by atoms with E-state index in [2.05, 4.69) is 5.32 Å². The Morgan fingerprint density at radius 3 is 2.75 bits per heavy atom. The number of hydrogen-bond acceptors (Lipinski definition) is 7. The van der Waals surface area contributed by atoms with Gasteiger partial charge in [0, 0.05) is 10.6 Å². The number of nitrogens with two attached hydrogens (primary N) is 1. The molecule has 2 amide bonds. The van der Waals surface area contributed by atoms with Gasteiger partial charge in [0.25, 0.3) is 11.8 Å². The minimum Gasteiger partial charge on any atom is -0.452 e. The van der Waals surface area contributed by atoms with Crippen molar-refractivity contribution in [1.29, 1.82) is 0 Å². The number of rotatable bonds is 8. The quantitative estimate of drug-likeness (QED) is 0.682. The molecule has 0 saturated carbocycles. The van der Waals surface area contributed by atoms with Crippen molar-refractivity contribution in [2.45, 2.75) is 18.8 Å². The van der Waals surface area contributed by atoms with Crippen LogP contribution in [0.3, 0.4) is 0 Å². The molecule has 0 aliphatic heterocycles. The maximum Gasteiger partial charge on any atom is 0.316 e. The molecule has 2 heterocycles. The molecule has 0 unspecified atom stereocenters. The highest BCUT2D eigenvalue weighted by molar-refractivity contribution is 7.99. The van der Waals surface area contributed by atoms with E-state index in [0.717, 1.165) is 5.75 Å². The van der Waals surface area contributed by atoms with Crippen LogP contribution < -0.4 is 11.1 Å². The van der Waals surface area contributed by atoms with Crippen molar-refractivity contribution in [2.75, 3.05) is 11.1 Å². The molecule has 2 rings (SSSR count). The molecule has 128 valence electrons. The molecule has 0 bridgehead atoms. The van der Waals surface area contributed by atoms with Gasteiger partial charge in [-0.2, -0.15) is 0 Å². The predicted molar refractivity (Wildman–Crippen MR) is 97.5 cm³/mol. The fourth-order valence-electron chi connectivity index (χ4n) is 1.73. The second kappa shape index (κ2) is 8.86. The van der Waals surface area contributed by atoms with E-state index in [1.54, 1.807) is 16.7 Å². The first-order chi connectivity index (χ1) is 11.5. The zero-order valence-corrected chi connectivity index (χ0v) is 15.3. The fourth-order valence-corrected chi connectivity index (χ4v) is 4.17. The largest absolute Gasteiger partial charge is 0.452 e. The molecule has 9 heteroatoms. The number of anilines is 1. The van der Waals surface area contributed by atoms with Crippen LogP contribution in [0.25, 0.3) is 0 Å². The summed E-state index contributed by atoms with van der Waals surface area (Å²) in [6, 6.07) is 5.48. The molecule has 6 nitrogen and oxygen atoms in total. The van der Waals surface area contributed by atoms with Crippen molar-refractivity contribution in [3.8, 4) is 0 Å². The first-order valence-electron chi connectivity index (χ1n) is 6.95. The average Bonchev–Trinajstić information content (AvgIpc) is 3.18. The van der Waals surface area contributed by atoms with E-state index in [1.165, 1.54) is 41.0 Å². The van der Waals surface area contributed by atoms with Crippen LogP contribution in [0.5, 0.6) is 0 Å². The SMILES string of the molecule is C[C@H](OC(=O)CSCc1cccs1)C(=O)Nc1sccc1C(N)=O. The Hall–Kier alpha value is -1.84. The van der Waals surface area contributed by atoms with Gasteiger partial charge in [0.05, 0.1) is 11.3 Å². The Labute approximate surface area is 151 Å². The third-order valence-electron chi connectivity index (χ3n) is 2.89. The van der Waals surface area contributed by atoms with E-state index in [-0.39, 0.29) is 11.3 Å². The predicted octanol–water partition coefficient (Wildman–Crippen LogP) is 2.71. The summed E-state index contributed by atoms with van der Waals surface area (Å²) in [5.74, 6) is -0.691. The molecule has 0 radical (unpaired) electrons. The molecule has 2 aromatic rings. The number of thioether (sulfide) groups is 1. The van der Waals surface area contributed by atoms with Gasteiger partial charge < -0.3 is 15.8 Å². The van der Waals surface area contributed by atoms with E-state index in [4.69, 9.17) is 10.5 Å². The van der Waals surface area contributed by atoms with Crippen molar-refractivity contribution in [1.82, 2.24) is 0 Å². The van der Waals surface area contributed by atoms with Crippen molar-refractivity contribution in [3.05, 3.63) is 39.4 Å². The highest BCUT2D eigenvalue weighted by atomic mass is 32.2. The van der Waals surface area contributed by atoms with Crippen LogP contribution in [-0.4, -0.2) is 29.6 Å². The van der Waals surface area contributed by atoms with Crippen molar-refractivity contribution in [3.63, 3.8) is 0 Å². The third-order valence-corrected chi connectivity index (χ3v) is 5.73. The Bertz CT molecular complexity index is 712. The molecule has 0 aromatic carbocycles. The number of nitrogens with one attached hydrogen (secondary N) is 1. The van der Waals surface area contributed by atoms with Gasteiger partial charge in [0.1, 0.15) is 5.00 Å². The summed E-state index contributed by atoms with van der Waals surface area (Å²) in [4.78, 5) is 36.2. The second-order valence-corrected chi connectivity index (χ2v) is 7.66. The molecule has 1 atom stereocenters. The number of esters is 1. The van der Waals surface area contributed by atoms with Gasteiger partial charge in [-0.1, -0.05) is 6.07 Å². The topological polar surface area (TPSA) is 98.5 Å². The van der Waals surface area contributed by atoms with Gasteiger partial charge in [0.15, 0.2) is 6.10 Å². The number of carbonyl (C=O) groups is 3. The Morgan fingerprint density at radius 1 is 1.29 bits per heavy atom. The summed E-state index contributed by atoms with van der Waals surface area (Å²) < 4.78 is 5.10. The lowest BCUT2D eigenvalue weighted by Gasteiger charge is -2.13. The highest BCUT2D eigenvalue weighted by Crippen LogP contribution is 2.23. The number of ether oxygens (including phenoxy) is 1. The number of thiophene rings is 2. The van der Waals surface area contributed by atoms with Crippen molar-refractivity contribution < 1.29 is 19.1 Å². The van der Waals surface area contributed by atoms with E-state index >= 15 is 0 Å². The standard InChI is InChI=1S/C15H16N2O4S3/c1-9(14(20)17-15-11(13(16)19)4-6-24-15)21-12(18)8-22-7-10-3-2-5-23-10/h2-6,9H,7-8H2,1H3,(H2,16,19)(H,17,20)/t9-/m0/s1. The van der Waals surface area contributed by atoms with Gasteiger partial charge in [-0.05, 0) is 29.8 Å². The average molecular weight is 385 g/mol. The third kappa shape index (κ3) is 5.36.